The molecular weight excluding hydrogens is 250 g/mol. The van der Waals surface area contributed by atoms with Crippen LogP contribution in [0.25, 0.3) is 11.1 Å². The van der Waals surface area contributed by atoms with E-state index in [-0.39, 0.29) is 6.42 Å². The number of aliphatic carboxylic acids is 1. The molecule has 2 aromatic carbocycles. The Kier molecular flexibility index (Phi) is 4.20. The second kappa shape index (κ2) is 5.88. The van der Waals surface area contributed by atoms with Gasteiger partial charge >= 0.3 is 5.97 Å². The molecule has 1 atom stereocenters. The van der Waals surface area contributed by atoms with Crippen molar-refractivity contribution in [3.05, 3.63) is 60.2 Å². The van der Waals surface area contributed by atoms with Crippen LogP contribution >= 0.6 is 0 Å². The molecule has 0 saturated heterocycles. The van der Waals surface area contributed by atoms with Gasteiger partial charge in [-0.2, -0.15) is 0 Å². The summed E-state index contributed by atoms with van der Waals surface area (Å²) in [5.74, 6) is -0.811. The maximum atomic E-state index is 11.0. The van der Waals surface area contributed by atoms with Crippen LogP contribution in [0.1, 0.15) is 18.9 Å². The Hall–Kier alpha value is -2.13. The summed E-state index contributed by atoms with van der Waals surface area (Å²) in [6.07, 6.45) is 0.0498. The molecule has 0 aliphatic heterocycles. The highest BCUT2D eigenvalue weighted by Gasteiger charge is 2.27. The first-order chi connectivity index (χ1) is 9.55. The zero-order valence-electron chi connectivity index (χ0n) is 11.8. The highest BCUT2D eigenvalue weighted by atomic mass is 16.4. The molecule has 2 N–H and O–H groups in total. The van der Waals surface area contributed by atoms with Crippen LogP contribution in [-0.4, -0.2) is 18.1 Å². The molecule has 0 saturated carbocycles. The van der Waals surface area contributed by atoms with Crippen molar-refractivity contribution in [3.63, 3.8) is 0 Å². The molecular formula is C17H19NO2. The first-order valence-electron chi connectivity index (χ1n) is 6.62. The molecule has 3 nitrogen and oxygen atoms in total. The third-order valence-corrected chi connectivity index (χ3v) is 3.69. The van der Waals surface area contributed by atoms with E-state index >= 15 is 0 Å². The summed E-state index contributed by atoms with van der Waals surface area (Å²) in [4.78, 5) is 11.0. The summed E-state index contributed by atoms with van der Waals surface area (Å²) in [5.41, 5.74) is 2.70. The monoisotopic (exact) mass is 269 g/mol. The minimum absolute atomic E-state index is 0.0498. The zero-order valence-corrected chi connectivity index (χ0v) is 11.8. The molecule has 1 unspecified atom stereocenters. The van der Waals surface area contributed by atoms with E-state index in [1.165, 1.54) is 0 Å². The number of hydrogen-bond acceptors (Lipinski definition) is 2. The van der Waals surface area contributed by atoms with E-state index in [2.05, 4.69) is 17.4 Å². The van der Waals surface area contributed by atoms with Crippen molar-refractivity contribution in [1.82, 2.24) is 5.32 Å². The van der Waals surface area contributed by atoms with Crippen LogP contribution in [0.4, 0.5) is 0 Å². The van der Waals surface area contributed by atoms with Gasteiger partial charge in [0.05, 0.1) is 12.0 Å². The highest BCUT2D eigenvalue weighted by molar-refractivity contribution is 5.69. The van der Waals surface area contributed by atoms with E-state index in [4.69, 9.17) is 5.11 Å². The number of nitrogens with one attached hydrogen (secondary N) is 1. The smallest absolute Gasteiger partial charge is 0.305 e. The third kappa shape index (κ3) is 3.06. The van der Waals surface area contributed by atoms with E-state index in [0.29, 0.717) is 0 Å². The van der Waals surface area contributed by atoms with Crippen molar-refractivity contribution in [1.29, 1.82) is 0 Å². The van der Waals surface area contributed by atoms with Crippen molar-refractivity contribution in [2.45, 2.75) is 18.9 Å². The molecule has 0 aromatic heterocycles. The lowest BCUT2D eigenvalue weighted by Crippen LogP contribution is -2.38. The fraction of sp³-hybridized carbons (Fsp3) is 0.235. The summed E-state index contributed by atoms with van der Waals surface area (Å²) in [6, 6.07) is 18.2. The molecule has 20 heavy (non-hydrogen) atoms. The van der Waals surface area contributed by atoms with Crippen molar-refractivity contribution in [2.75, 3.05) is 7.05 Å². The average molecular weight is 269 g/mol. The first kappa shape index (κ1) is 14.3. The average Bonchev–Trinajstić information content (AvgIpc) is 2.47. The lowest BCUT2D eigenvalue weighted by Gasteiger charge is -2.28. The second-order valence-electron chi connectivity index (χ2n) is 5.10. The molecule has 0 aliphatic rings. The van der Waals surface area contributed by atoms with E-state index in [1.54, 1.807) is 7.05 Å². The van der Waals surface area contributed by atoms with Crippen LogP contribution < -0.4 is 5.32 Å². The number of benzene rings is 2. The SMILES string of the molecule is CNC(C)(CC(=O)O)c1ccc(-c2ccccc2)cc1. The van der Waals surface area contributed by atoms with Gasteiger partial charge in [0.2, 0.25) is 0 Å². The molecule has 0 bridgehead atoms. The Morgan fingerprint density at radius 1 is 1.05 bits per heavy atom. The Morgan fingerprint density at radius 3 is 2.10 bits per heavy atom. The number of rotatable bonds is 5. The van der Waals surface area contributed by atoms with Gasteiger partial charge in [0.25, 0.3) is 0 Å². The zero-order chi connectivity index (χ0) is 14.6. The van der Waals surface area contributed by atoms with Crippen molar-refractivity contribution < 1.29 is 9.90 Å². The van der Waals surface area contributed by atoms with E-state index in [9.17, 15) is 4.79 Å². The Balaban J connectivity index is 2.30. The van der Waals surface area contributed by atoms with Gasteiger partial charge < -0.3 is 10.4 Å². The number of hydrogen-bond donors (Lipinski definition) is 2. The summed E-state index contributed by atoms with van der Waals surface area (Å²) < 4.78 is 0. The maximum absolute atomic E-state index is 11.0. The minimum Gasteiger partial charge on any atom is -0.481 e. The van der Waals surface area contributed by atoms with E-state index in [0.717, 1.165) is 16.7 Å². The predicted octanol–water partition coefficient (Wildman–Crippen LogP) is 3.26. The van der Waals surface area contributed by atoms with Gasteiger partial charge in [0.15, 0.2) is 0 Å². The summed E-state index contributed by atoms with van der Waals surface area (Å²) in [7, 11) is 1.79. The van der Waals surface area contributed by atoms with Gasteiger partial charge in [-0.25, -0.2) is 0 Å². The lowest BCUT2D eigenvalue weighted by atomic mass is 9.88. The van der Waals surface area contributed by atoms with E-state index in [1.807, 2.05) is 49.4 Å². The maximum Gasteiger partial charge on any atom is 0.305 e. The number of carboxylic acids is 1. The van der Waals surface area contributed by atoms with Gasteiger partial charge in [-0.3, -0.25) is 4.79 Å². The van der Waals surface area contributed by atoms with Crippen LogP contribution in [0.15, 0.2) is 54.6 Å². The predicted molar refractivity (Wildman–Crippen MR) is 80.5 cm³/mol. The highest BCUT2D eigenvalue weighted by Crippen LogP contribution is 2.27. The molecule has 0 heterocycles. The van der Waals surface area contributed by atoms with Crippen LogP contribution in [0.2, 0.25) is 0 Å². The number of carboxylic acid groups (broad SMARTS) is 1. The van der Waals surface area contributed by atoms with Gasteiger partial charge in [0.1, 0.15) is 0 Å². The molecule has 0 aliphatic carbocycles. The largest absolute Gasteiger partial charge is 0.481 e. The van der Waals surface area contributed by atoms with Crippen molar-refractivity contribution >= 4 is 5.97 Å². The first-order valence-corrected chi connectivity index (χ1v) is 6.62. The van der Waals surface area contributed by atoms with Gasteiger partial charge in [0, 0.05) is 0 Å². The Labute approximate surface area is 119 Å². The summed E-state index contributed by atoms with van der Waals surface area (Å²) in [6.45, 7) is 1.90. The molecule has 2 aromatic rings. The topological polar surface area (TPSA) is 49.3 Å². The minimum atomic E-state index is -0.811. The summed E-state index contributed by atoms with van der Waals surface area (Å²) >= 11 is 0. The molecule has 0 radical (unpaired) electrons. The second-order valence-corrected chi connectivity index (χ2v) is 5.10. The summed E-state index contributed by atoms with van der Waals surface area (Å²) in [5, 5.41) is 12.1. The van der Waals surface area contributed by atoms with Crippen molar-refractivity contribution in [3.8, 4) is 11.1 Å². The normalized spacial score (nSPS) is 13.7. The molecule has 104 valence electrons. The van der Waals surface area contributed by atoms with Gasteiger partial charge in [-0.15, -0.1) is 0 Å². The van der Waals surface area contributed by atoms with Crippen molar-refractivity contribution in [2.24, 2.45) is 0 Å². The lowest BCUT2D eigenvalue weighted by molar-refractivity contribution is -0.138. The standard InChI is InChI=1S/C17H19NO2/c1-17(18-2,12-16(19)20)15-10-8-14(9-11-15)13-6-4-3-5-7-13/h3-11,18H,12H2,1-2H3,(H,19,20). The molecule has 0 fully saturated rings. The Bertz CT molecular complexity index is 578. The van der Waals surface area contributed by atoms with Crippen LogP contribution in [-0.2, 0) is 10.3 Å². The third-order valence-electron chi connectivity index (χ3n) is 3.69. The quantitative estimate of drug-likeness (QED) is 0.876. The molecule has 2 rings (SSSR count). The van der Waals surface area contributed by atoms with Gasteiger partial charge in [-0.1, -0.05) is 54.6 Å². The fourth-order valence-electron chi connectivity index (χ4n) is 2.30. The van der Waals surface area contributed by atoms with Gasteiger partial charge in [-0.05, 0) is 30.7 Å². The molecule has 0 amide bonds. The van der Waals surface area contributed by atoms with E-state index < -0.39 is 11.5 Å². The van der Waals surface area contributed by atoms with Crippen LogP contribution in [0.3, 0.4) is 0 Å². The van der Waals surface area contributed by atoms with Crippen LogP contribution in [0, 0.1) is 0 Å². The fourth-order valence-corrected chi connectivity index (χ4v) is 2.30. The van der Waals surface area contributed by atoms with Crippen LogP contribution in [0.5, 0.6) is 0 Å². The Morgan fingerprint density at radius 2 is 1.60 bits per heavy atom. The molecule has 3 heteroatoms. The number of carbonyl (C=O) groups is 1. The molecule has 0 spiro atoms.